The maximum atomic E-state index is 13.3. The second kappa shape index (κ2) is 6.06. The fraction of sp³-hybridized carbons (Fsp3) is 0.200. The quantitative estimate of drug-likeness (QED) is 0.641. The molecule has 19 heavy (non-hydrogen) atoms. The number of ether oxygens (including phenoxy) is 1. The highest BCUT2D eigenvalue weighted by molar-refractivity contribution is 9.10. The first-order valence-corrected chi connectivity index (χ1v) is 7.47. The summed E-state index contributed by atoms with van der Waals surface area (Å²) in [5, 5.41) is 0. The van der Waals surface area contributed by atoms with Crippen LogP contribution in [0.1, 0.15) is 21.5 Å². The fourth-order valence-electron chi connectivity index (χ4n) is 1.86. The van der Waals surface area contributed by atoms with E-state index in [9.17, 15) is 4.39 Å². The summed E-state index contributed by atoms with van der Waals surface area (Å²) in [6, 6.07) is 11.0. The lowest BCUT2D eigenvalue weighted by Gasteiger charge is -2.14. The molecule has 2 rings (SSSR count). The topological polar surface area (TPSA) is 9.23 Å². The Kier molecular flexibility index (Phi) is 4.63. The molecule has 4 heteroatoms. The lowest BCUT2D eigenvalue weighted by molar-refractivity contribution is 0.411. The number of alkyl halides is 1. The average Bonchev–Trinajstić information content (AvgIpc) is 2.41. The van der Waals surface area contributed by atoms with Crippen molar-refractivity contribution in [2.24, 2.45) is 0 Å². The molecule has 0 heterocycles. The molecule has 1 atom stereocenters. The molecule has 0 aliphatic carbocycles. The zero-order chi connectivity index (χ0) is 14.0. The number of rotatable bonds is 3. The van der Waals surface area contributed by atoms with Crippen LogP contribution < -0.4 is 4.74 Å². The summed E-state index contributed by atoms with van der Waals surface area (Å²) < 4.78 is 19.0. The molecule has 0 bridgehead atoms. The third kappa shape index (κ3) is 3.18. The van der Waals surface area contributed by atoms with Crippen molar-refractivity contribution < 1.29 is 9.13 Å². The van der Waals surface area contributed by atoms with Gasteiger partial charge in [-0.05, 0) is 57.7 Å². The van der Waals surface area contributed by atoms with Crippen molar-refractivity contribution in [2.45, 2.75) is 11.8 Å². The van der Waals surface area contributed by atoms with E-state index in [-0.39, 0.29) is 10.6 Å². The van der Waals surface area contributed by atoms with Crippen molar-refractivity contribution in [2.75, 3.05) is 7.11 Å². The highest BCUT2D eigenvalue weighted by atomic mass is 79.9. The van der Waals surface area contributed by atoms with E-state index in [2.05, 4.69) is 31.9 Å². The molecule has 1 nitrogen and oxygen atoms in total. The number of hydrogen-bond donors (Lipinski definition) is 0. The van der Waals surface area contributed by atoms with Gasteiger partial charge in [0.05, 0.1) is 16.4 Å². The number of methoxy groups -OCH3 is 1. The number of benzene rings is 2. The Bertz CT molecular complexity index is 599. The van der Waals surface area contributed by atoms with Gasteiger partial charge in [0.25, 0.3) is 0 Å². The van der Waals surface area contributed by atoms with E-state index in [4.69, 9.17) is 4.74 Å². The molecule has 0 amide bonds. The largest absolute Gasteiger partial charge is 0.496 e. The Morgan fingerprint density at radius 2 is 1.74 bits per heavy atom. The van der Waals surface area contributed by atoms with Gasteiger partial charge in [-0.3, -0.25) is 0 Å². The molecule has 0 saturated heterocycles. The molecule has 2 aromatic carbocycles. The van der Waals surface area contributed by atoms with Crippen LogP contribution in [-0.2, 0) is 0 Å². The van der Waals surface area contributed by atoms with E-state index in [1.807, 2.05) is 25.1 Å². The minimum atomic E-state index is -0.259. The molecule has 0 aliphatic heterocycles. The van der Waals surface area contributed by atoms with Crippen molar-refractivity contribution >= 4 is 31.9 Å². The van der Waals surface area contributed by atoms with E-state index in [1.165, 1.54) is 6.07 Å². The van der Waals surface area contributed by atoms with Crippen LogP contribution in [0.2, 0.25) is 0 Å². The summed E-state index contributed by atoms with van der Waals surface area (Å²) in [5.41, 5.74) is 3.14. The number of aryl methyl sites for hydroxylation is 1. The molecule has 0 spiro atoms. The summed E-state index contributed by atoms with van der Waals surface area (Å²) in [6.45, 7) is 2.00. The summed E-state index contributed by atoms with van der Waals surface area (Å²) in [6.07, 6.45) is 0. The first kappa shape index (κ1) is 14.5. The first-order chi connectivity index (χ1) is 9.02. The van der Waals surface area contributed by atoms with Gasteiger partial charge in [0.2, 0.25) is 0 Å². The average molecular weight is 388 g/mol. The van der Waals surface area contributed by atoms with E-state index < -0.39 is 0 Å². The van der Waals surface area contributed by atoms with Gasteiger partial charge in [-0.15, -0.1) is 0 Å². The normalized spacial score (nSPS) is 12.3. The number of halogens is 3. The van der Waals surface area contributed by atoms with Crippen LogP contribution in [0, 0.1) is 12.7 Å². The molecular formula is C15H13Br2FO. The van der Waals surface area contributed by atoms with Gasteiger partial charge in [-0.25, -0.2) is 4.39 Å². The van der Waals surface area contributed by atoms with Crippen LogP contribution in [0.4, 0.5) is 4.39 Å². The minimum Gasteiger partial charge on any atom is -0.496 e. The third-order valence-electron chi connectivity index (χ3n) is 2.96. The lowest BCUT2D eigenvalue weighted by Crippen LogP contribution is -1.96. The Labute approximate surface area is 129 Å². The van der Waals surface area contributed by atoms with Crippen molar-refractivity contribution in [1.29, 1.82) is 0 Å². The van der Waals surface area contributed by atoms with Crippen LogP contribution in [0.5, 0.6) is 5.75 Å². The standard InChI is InChI=1S/C15H13Br2FO/c1-9-3-4-11(8-14(9)19-2)15(17)10-5-6-13(18)12(16)7-10/h3-8,15H,1-2H3. The molecular weight excluding hydrogens is 375 g/mol. The van der Waals surface area contributed by atoms with Gasteiger partial charge in [-0.2, -0.15) is 0 Å². The van der Waals surface area contributed by atoms with Gasteiger partial charge in [0, 0.05) is 0 Å². The number of hydrogen-bond acceptors (Lipinski definition) is 1. The molecule has 100 valence electrons. The van der Waals surface area contributed by atoms with Crippen LogP contribution >= 0.6 is 31.9 Å². The predicted octanol–water partition coefficient (Wildman–Crippen LogP) is 5.39. The van der Waals surface area contributed by atoms with E-state index >= 15 is 0 Å². The highest BCUT2D eigenvalue weighted by Gasteiger charge is 2.13. The highest BCUT2D eigenvalue weighted by Crippen LogP contribution is 2.35. The minimum absolute atomic E-state index is 0.00102. The molecule has 0 aliphatic rings. The van der Waals surface area contributed by atoms with Crippen LogP contribution in [-0.4, -0.2) is 7.11 Å². The fourth-order valence-corrected chi connectivity index (χ4v) is 2.82. The maximum Gasteiger partial charge on any atom is 0.137 e. The maximum absolute atomic E-state index is 13.3. The van der Waals surface area contributed by atoms with Gasteiger partial charge in [-0.1, -0.05) is 34.1 Å². The van der Waals surface area contributed by atoms with Crippen LogP contribution in [0.3, 0.4) is 0 Å². The predicted molar refractivity (Wildman–Crippen MR) is 82.6 cm³/mol. The Balaban J connectivity index is 2.37. The van der Waals surface area contributed by atoms with Gasteiger partial charge in [0.1, 0.15) is 11.6 Å². The van der Waals surface area contributed by atoms with Gasteiger partial charge < -0.3 is 4.74 Å². The zero-order valence-corrected chi connectivity index (χ0v) is 13.8. The second-order valence-electron chi connectivity index (χ2n) is 4.27. The first-order valence-electron chi connectivity index (χ1n) is 5.76. The lowest BCUT2D eigenvalue weighted by atomic mass is 10.0. The van der Waals surface area contributed by atoms with Gasteiger partial charge >= 0.3 is 0 Å². The molecule has 1 unspecified atom stereocenters. The Hall–Kier alpha value is -0.870. The smallest absolute Gasteiger partial charge is 0.137 e. The second-order valence-corrected chi connectivity index (χ2v) is 6.04. The molecule has 0 fully saturated rings. The molecule has 0 aromatic heterocycles. The Morgan fingerprint density at radius 3 is 2.37 bits per heavy atom. The summed E-state index contributed by atoms with van der Waals surface area (Å²) in [4.78, 5) is -0.00102. The molecule has 0 radical (unpaired) electrons. The Morgan fingerprint density at radius 1 is 1.11 bits per heavy atom. The summed E-state index contributed by atoms with van der Waals surface area (Å²) >= 11 is 6.85. The van der Waals surface area contributed by atoms with Crippen molar-refractivity contribution in [3.8, 4) is 5.75 Å². The SMILES string of the molecule is COc1cc(C(Br)c2ccc(F)c(Br)c2)ccc1C. The monoisotopic (exact) mass is 386 g/mol. The molecule has 2 aromatic rings. The van der Waals surface area contributed by atoms with Crippen LogP contribution in [0.25, 0.3) is 0 Å². The van der Waals surface area contributed by atoms with Crippen molar-refractivity contribution in [3.63, 3.8) is 0 Å². The van der Waals surface area contributed by atoms with E-state index in [0.29, 0.717) is 4.47 Å². The van der Waals surface area contributed by atoms with Crippen LogP contribution in [0.15, 0.2) is 40.9 Å². The van der Waals surface area contributed by atoms with Crippen molar-refractivity contribution in [1.82, 2.24) is 0 Å². The summed E-state index contributed by atoms with van der Waals surface area (Å²) in [5.74, 6) is 0.591. The van der Waals surface area contributed by atoms with E-state index in [0.717, 1.165) is 22.4 Å². The zero-order valence-electron chi connectivity index (χ0n) is 10.6. The molecule has 0 saturated carbocycles. The van der Waals surface area contributed by atoms with E-state index in [1.54, 1.807) is 19.2 Å². The van der Waals surface area contributed by atoms with Crippen molar-refractivity contribution in [3.05, 3.63) is 63.4 Å². The summed E-state index contributed by atoms with van der Waals surface area (Å²) in [7, 11) is 1.66. The third-order valence-corrected chi connectivity index (χ3v) is 4.63. The molecule has 0 N–H and O–H groups in total. The van der Waals surface area contributed by atoms with Gasteiger partial charge in [0.15, 0.2) is 0 Å².